The highest BCUT2D eigenvalue weighted by molar-refractivity contribution is 7.10. The predicted molar refractivity (Wildman–Crippen MR) is 118 cm³/mol. The molecule has 8 heteroatoms. The third-order valence-corrected chi connectivity index (χ3v) is 6.64. The Kier molecular flexibility index (Phi) is 6.40. The molecule has 2 heterocycles. The summed E-state index contributed by atoms with van der Waals surface area (Å²) in [6.45, 7) is 0.839. The maximum Gasteiger partial charge on any atom is 0.433 e. The molecule has 3 aromatic rings. The molecule has 164 valence electrons. The van der Waals surface area contributed by atoms with Gasteiger partial charge < -0.3 is 4.74 Å². The smallest absolute Gasteiger partial charge is 0.381 e. The van der Waals surface area contributed by atoms with Crippen molar-refractivity contribution in [1.29, 1.82) is 5.26 Å². The monoisotopic (exact) mass is 455 g/mol. The zero-order valence-electron chi connectivity index (χ0n) is 17.1. The molecule has 32 heavy (non-hydrogen) atoms. The minimum atomic E-state index is -4.64. The van der Waals surface area contributed by atoms with E-state index < -0.39 is 17.3 Å². The van der Waals surface area contributed by atoms with Crippen molar-refractivity contribution in [1.82, 2.24) is 4.98 Å². The molecule has 4 rings (SSSR count). The Bertz CT molecular complexity index is 1140. The number of halogens is 3. The van der Waals surface area contributed by atoms with Gasteiger partial charge in [-0.25, -0.2) is 4.98 Å². The molecule has 1 aliphatic heterocycles. The fraction of sp³-hybridized carbons (Fsp3) is 0.292. The Morgan fingerprint density at radius 2 is 1.88 bits per heavy atom. The largest absolute Gasteiger partial charge is 0.433 e. The van der Waals surface area contributed by atoms with E-state index in [-0.39, 0.29) is 17.7 Å². The van der Waals surface area contributed by atoms with Gasteiger partial charge in [-0.2, -0.15) is 18.4 Å². The third-order valence-electron chi connectivity index (χ3n) is 5.55. The Balaban J connectivity index is 1.71. The molecule has 4 nitrogen and oxygen atoms in total. The summed E-state index contributed by atoms with van der Waals surface area (Å²) in [5, 5.41) is 11.8. The van der Waals surface area contributed by atoms with Crippen LogP contribution >= 0.6 is 11.3 Å². The number of nitrogens with zero attached hydrogens (tertiary/aromatic N) is 3. The molecule has 1 aliphatic rings. The number of nitriles is 1. The van der Waals surface area contributed by atoms with Crippen molar-refractivity contribution < 1.29 is 17.9 Å². The number of ether oxygens (including phenoxy) is 1. The van der Waals surface area contributed by atoms with E-state index in [1.807, 2.05) is 41.8 Å². The minimum Gasteiger partial charge on any atom is -0.381 e. The number of aromatic nitrogens is 1. The van der Waals surface area contributed by atoms with Crippen LogP contribution in [0.15, 0.2) is 65.0 Å². The molecular weight excluding hydrogens is 435 g/mol. The van der Waals surface area contributed by atoms with Crippen molar-refractivity contribution in [3.8, 4) is 17.3 Å². The predicted octanol–water partition coefficient (Wildman–Crippen LogP) is 5.78. The number of alkyl halides is 3. The Morgan fingerprint density at radius 1 is 1.12 bits per heavy atom. The second-order valence-corrected chi connectivity index (χ2v) is 8.51. The van der Waals surface area contributed by atoms with Gasteiger partial charge in [0.05, 0.1) is 23.9 Å². The molecule has 1 saturated heterocycles. The molecule has 2 aromatic carbocycles. The topological polar surface area (TPSA) is 58.3 Å². The van der Waals surface area contributed by atoms with Crippen LogP contribution in [0.2, 0.25) is 0 Å². The number of aliphatic imine (C=N–C) groups is 1. The van der Waals surface area contributed by atoms with E-state index in [4.69, 9.17) is 15.0 Å². The van der Waals surface area contributed by atoms with Crippen LogP contribution in [0, 0.1) is 11.3 Å². The van der Waals surface area contributed by atoms with Crippen LogP contribution < -0.4 is 0 Å². The lowest BCUT2D eigenvalue weighted by atomic mass is 9.80. The van der Waals surface area contributed by atoms with E-state index in [0.717, 1.165) is 16.3 Å². The van der Waals surface area contributed by atoms with Crippen molar-refractivity contribution in [2.24, 2.45) is 4.99 Å². The van der Waals surface area contributed by atoms with Gasteiger partial charge >= 0.3 is 6.18 Å². The SMILES string of the molecule is N#Cc1cccc(C(=NCC2(c3nc(-c4ccccc4)cs3)CCOCC2)C(F)(F)F)c1. The maximum absolute atomic E-state index is 13.9. The van der Waals surface area contributed by atoms with Gasteiger partial charge in [0.2, 0.25) is 0 Å². The van der Waals surface area contributed by atoms with Crippen LogP contribution in [-0.4, -0.2) is 36.6 Å². The van der Waals surface area contributed by atoms with Crippen LogP contribution in [0.4, 0.5) is 13.2 Å². The average molecular weight is 456 g/mol. The first-order chi connectivity index (χ1) is 15.4. The van der Waals surface area contributed by atoms with E-state index in [0.29, 0.717) is 26.1 Å². The summed E-state index contributed by atoms with van der Waals surface area (Å²) >= 11 is 1.45. The number of thiazole rings is 1. The Morgan fingerprint density at radius 3 is 2.56 bits per heavy atom. The molecule has 0 radical (unpaired) electrons. The number of rotatable bonds is 5. The van der Waals surface area contributed by atoms with Crippen molar-refractivity contribution >= 4 is 17.0 Å². The van der Waals surface area contributed by atoms with Gasteiger partial charge in [0.1, 0.15) is 10.7 Å². The summed E-state index contributed by atoms with van der Waals surface area (Å²) < 4.78 is 47.2. The van der Waals surface area contributed by atoms with Crippen LogP contribution in [0.3, 0.4) is 0 Å². The van der Waals surface area contributed by atoms with E-state index in [1.54, 1.807) is 0 Å². The van der Waals surface area contributed by atoms with Gasteiger partial charge in [0, 0.05) is 35.1 Å². The summed E-state index contributed by atoms with van der Waals surface area (Å²) in [5.74, 6) is 0. The van der Waals surface area contributed by atoms with Crippen LogP contribution in [-0.2, 0) is 10.2 Å². The fourth-order valence-electron chi connectivity index (χ4n) is 3.77. The lowest BCUT2D eigenvalue weighted by Crippen LogP contribution is -2.38. The summed E-state index contributed by atoms with van der Waals surface area (Å²) in [4.78, 5) is 8.87. The second kappa shape index (κ2) is 9.23. The number of benzene rings is 2. The molecule has 1 fully saturated rings. The van der Waals surface area contributed by atoms with Gasteiger partial charge in [-0.05, 0) is 25.0 Å². The van der Waals surface area contributed by atoms with E-state index in [2.05, 4.69) is 4.99 Å². The molecule has 0 spiro atoms. The summed E-state index contributed by atoms with van der Waals surface area (Å²) in [7, 11) is 0. The summed E-state index contributed by atoms with van der Waals surface area (Å²) in [6.07, 6.45) is -3.55. The third kappa shape index (κ3) is 4.74. The van der Waals surface area contributed by atoms with Gasteiger partial charge in [-0.1, -0.05) is 42.5 Å². The molecule has 0 amide bonds. The molecule has 0 bridgehead atoms. The molecule has 0 N–H and O–H groups in total. The van der Waals surface area contributed by atoms with Gasteiger partial charge in [0.25, 0.3) is 0 Å². The number of hydrogen-bond donors (Lipinski definition) is 0. The lowest BCUT2D eigenvalue weighted by Gasteiger charge is -2.34. The van der Waals surface area contributed by atoms with Crippen LogP contribution in [0.1, 0.15) is 29.0 Å². The van der Waals surface area contributed by atoms with Crippen molar-refractivity contribution in [3.05, 3.63) is 76.1 Å². The highest BCUT2D eigenvalue weighted by Crippen LogP contribution is 2.39. The van der Waals surface area contributed by atoms with Crippen molar-refractivity contribution in [3.63, 3.8) is 0 Å². The van der Waals surface area contributed by atoms with Gasteiger partial charge in [-0.3, -0.25) is 4.99 Å². The summed E-state index contributed by atoms with van der Waals surface area (Å²) in [5.41, 5.74) is 0.221. The molecule has 1 aromatic heterocycles. The molecule has 0 atom stereocenters. The Labute approximate surface area is 188 Å². The van der Waals surface area contributed by atoms with Crippen molar-refractivity contribution in [2.75, 3.05) is 19.8 Å². The van der Waals surface area contributed by atoms with Crippen molar-refractivity contribution in [2.45, 2.75) is 24.4 Å². The first kappa shape index (κ1) is 22.2. The van der Waals surface area contributed by atoms with Gasteiger partial charge in [0.15, 0.2) is 0 Å². The van der Waals surface area contributed by atoms with Crippen LogP contribution in [0.5, 0.6) is 0 Å². The second-order valence-electron chi connectivity index (χ2n) is 7.65. The summed E-state index contributed by atoms with van der Waals surface area (Å²) in [6, 6.07) is 17.0. The highest BCUT2D eigenvalue weighted by atomic mass is 32.1. The van der Waals surface area contributed by atoms with E-state index >= 15 is 0 Å². The maximum atomic E-state index is 13.9. The quantitative estimate of drug-likeness (QED) is 0.458. The zero-order valence-corrected chi connectivity index (χ0v) is 17.9. The zero-order chi connectivity index (χ0) is 22.6. The molecule has 0 saturated carbocycles. The lowest BCUT2D eigenvalue weighted by molar-refractivity contribution is -0.0584. The minimum absolute atomic E-state index is 0.0519. The van der Waals surface area contributed by atoms with E-state index in [9.17, 15) is 13.2 Å². The molecular formula is C24H20F3N3OS. The normalized spacial score (nSPS) is 16.5. The van der Waals surface area contributed by atoms with Gasteiger partial charge in [-0.15, -0.1) is 11.3 Å². The molecule has 0 unspecified atom stereocenters. The standard InChI is InChI=1S/C24H20F3N3OS/c25-24(26,27)21(19-8-4-5-17(13-19)14-28)29-16-23(9-11-31-12-10-23)22-30-20(15-32-22)18-6-2-1-3-7-18/h1-8,13,15H,9-12,16H2. The first-order valence-corrected chi connectivity index (χ1v) is 11.0. The fourth-order valence-corrected chi connectivity index (χ4v) is 4.85. The highest BCUT2D eigenvalue weighted by Gasteiger charge is 2.41. The van der Waals surface area contributed by atoms with Crippen LogP contribution in [0.25, 0.3) is 11.3 Å². The molecule has 0 aliphatic carbocycles. The Hall–Kier alpha value is -3.02. The average Bonchev–Trinajstić information content (AvgIpc) is 3.31. The number of hydrogen-bond acceptors (Lipinski definition) is 5. The van der Waals surface area contributed by atoms with E-state index in [1.165, 1.54) is 35.6 Å². The first-order valence-electron chi connectivity index (χ1n) is 10.1.